The molecule has 2 heterocycles. The second-order valence-electron chi connectivity index (χ2n) is 10.3. The Balaban J connectivity index is 1.41. The summed E-state index contributed by atoms with van der Waals surface area (Å²) in [5.74, 6) is 1.21. The molecule has 13 heteroatoms. The monoisotopic (exact) mass is 642 g/mol. The number of nitrogens with zero attached hydrogens (tertiary/aromatic N) is 4. The van der Waals surface area contributed by atoms with Crippen molar-refractivity contribution in [1.82, 2.24) is 14.9 Å². The molecule has 0 radical (unpaired) electrons. The minimum absolute atomic E-state index is 0.0287. The minimum Gasteiger partial charge on any atom is -0.497 e. The number of aromatic nitrogens is 2. The quantitative estimate of drug-likeness (QED) is 0.0743. The van der Waals surface area contributed by atoms with Crippen molar-refractivity contribution in [1.29, 1.82) is 0 Å². The Morgan fingerprint density at radius 1 is 1.13 bits per heavy atom. The lowest BCUT2D eigenvalue weighted by molar-refractivity contribution is -0.386. The van der Waals surface area contributed by atoms with Gasteiger partial charge in [0.05, 0.1) is 37.0 Å². The van der Waals surface area contributed by atoms with E-state index in [2.05, 4.69) is 9.97 Å². The molecule has 3 aromatic rings. The van der Waals surface area contributed by atoms with Gasteiger partial charge >= 0.3 is 5.69 Å². The minimum atomic E-state index is -0.576. The molecule has 0 spiro atoms. The molecular weight excluding hydrogens is 603 g/mol. The number of benzene rings is 2. The third-order valence-electron chi connectivity index (χ3n) is 7.23. The van der Waals surface area contributed by atoms with E-state index in [0.29, 0.717) is 55.7 Å². The van der Waals surface area contributed by atoms with E-state index in [1.165, 1.54) is 31.4 Å². The first-order chi connectivity index (χ1) is 21.7. The van der Waals surface area contributed by atoms with Crippen molar-refractivity contribution in [2.24, 2.45) is 0 Å². The number of rotatable bonds is 16. The van der Waals surface area contributed by atoms with E-state index in [-0.39, 0.29) is 40.9 Å². The molecule has 2 aromatic carbocycles. The Kier molecular flexibility index (Phi) is 12.3. The van der Waals surface area contributed by atoms with E-state index >= 15 is 0 Å². The number of amides is 1. The number of carbonyl (C=O) groups excluding carboxylic acids is 1. The molecule has 0 aliphatic carbocycles. The van der Waals surface area contributed by atoms with Gasteiger partial charge in [0.2, 0.25) is 11.6 Å². The number of thioether (sulfide) groups is 1. The topological polar surface area (TPSA) is 126 Å². The van der Waals surface area contributed by atoms with Crippen LogP contribution in [0.5, 0.6) is 17.4 Å². The summed E-state index contributed by atoms with van der Waals surface area (Å²) in [5.41, 5.74) is 0.692. The fraction of sp³-hybridized carbons (Fsp3) is 0.469. The SMILES string of the molecule is CCOC(SCC)[C@@H]1CCCN1C(=O)c1cc(OC)cc(OCCCCOc2cc(-c3ccc(F)cc3)nc(C)n2)c1[N+](=O)[O-]. The van der Waals surface area contributed by atoms with Gasteiger partial charge in [0.15, 0.2) is 0 Å². The zero-order chi connectivity index (χ0) is 32.3. The first-order valence-corrected chi connectivity index (χ1v) is 16.1. The molecule has 0 N–H and O–H groups in total. The van der Waals surface area contributed by atoms with Gasteiger partial charge in [-0.3, -0.25) is 14.9 Å². The number of halogens is 1. The molecule has 4 rings (SSSR count). The highest BCUT2D eigenvalue weighted by Crippen LogP contribution is 2.38. The molecule has 1 unspecified atom stereocenters. The third-order valence-corrected chi connectivity index (χ3v) is 8.35. The lowest BCUT2D eigenvalue weighted by Crippen LogP contribution is -2.43. The van der Waals surface area contributed by atoms with Crippen molar-refractivity contribution in [3.8, 4) is 28.6 Å². The molecule has 11 nitrogen and oxygen atoms in total. The zero-order valence-corrected chi connectivity index (χ0v) is 26.8. The van der Waals surface area contributed by atoms with Gasteiger partial charge < -0.3 is 23.8 Å². The highest BCUT2D eigenvalue weighted by molar-refractivity contribution is 7.99. The van der Waals surface area contributed by atoms with E-state index in [9.17, 15) is 19.3 Å². The lowest BCUT2D eigenvalue weighted by Gasteiger charge is -2.31. The number of likely N-dealkylation sites (tertiary alicyclic amines) is 1. The number of methoxy groups -OCH3 is 1. The van der Waals surface area contributed by atoms with Gasteiger partial charge in [-0.1, -0.05) is 6.92 Å². The lowest BCUT2D eigenvalue weighted by atomic mass is 10.1. The standard InChI is InChI=1S/C32H39FN4O7S/c1-5-42-32(45-6-2)27-10-9-15-36(27)31(38)25-18-24(41-4)19-28(30(25)37(39)40)43-16-7-8-17-44-29-20-26(34-21(3)35-29)22-11-13-23(33)14-12-22/h11-14,18-20,27,32H,5-10,15-17H2,1-4H3/t27-,32?/m0/s1. The van der Waals surface area contributed by atoms with Gasteiger partial charge in [0, 0.05) is 36.9 Å². The number of nitro benzene ring substituents is 1. The van der Waals surface area contributed by atoms with E-state index in [1.54, 1.807) is 41.8 Å². The van der Waals surface area contributed by atoms with Crippen LogP contribution in [0.15, 0.2) is 42.5 Å². The molecule has 242 valence electrons. The maximum absolute atomic E-state index is 13.8. The number of carbonyl (C=O) groups is 1. The normalized spacial score (nSPS) is 15.1. The predicted octanol–water partition coefficient (Wildman–Crippen LogP) is 6.47. The summed E-state index contributed by atoms with van der Waals surface area (Å²) in [4.78, 5) is 35.9. The van der Waals surface area contributed by atoms with Gasteiger partial charge in [-0.05, 0) is 69.5 Å². The van der Waals surface area contributed by atoms with Gasteiger partial charge in [-0.2, -0.15) is 4.98 Å². The number of nitro groups is 1. The van der Waals surface area contributed by atoms with E-state index in [0.717, 1.165) is 24.2 Å². The Morgan fingerprint density at radius 3 is 2.53 bits per heavy atom. The van der Waals surface area contributed by atoms with Gasteiger partial charge in [0.25, 0.3) is 5.91 Å². The predicted molar refractivity (Wildman–Crippen MR) is 170 cm³/mol. The molecule has 2 atom stereocenters. The van der Waals surface area contributed by atoms with Gasteiger partial charge in [-0.25, -0.2) is 9.37 Å². The molecule has 0 saturated carbocycles. The summed E-state index contributed by atoms with van der Waals surface area (Å²) in [7, 11) is 1.44. The molecule has 1 aliphatic rings. The Labute approximate surface area is 266 Å². The third kappa shape index (κ3) is 8.82. The maximum Gasteiger partial charge on any atom is 0.323 e. The van der Waals surface area contributed by atoms with Crippen LogP contribution in [-0.2, 0) is 4.74 Å². The number of unbranched alkanes of at least 4 members (excludes halogenated alkanes) is 1. The van der Waals surface area contributed by atoms with Crippen molar-refractivity contribution >= 4 is 23.4 Å². The first kappa shape index (κ1) is 33.9. The summed E-state index contributed by atoms with van der Waals surface area (Å²) in [6, 6.07) is 10.4. The van der Waals surface area contributed by atoms with E-state index < -0.39 is 10.8 Å². The molecule has 1 fully saturated rings. The summed E-state index contributed by atoms with van der Waals surface area (Å²) in [6.45, 7) is 7.16. The smallest absolute Gasteiger partial charge is 0.323 e. The molecule has 0 bridgehead atoms. The number of hydrogen-bond donors (Lipinski definition) is 0. The maximum atomic E-state index is 13.8. The van der Waals surface area contributed by atoms with Crippen molar-refractivity contribution < 1.29 is 33.1 Å². The molecule has 45 heavy (non-hydrogen) atoms. The van der Waals surface area contributed by atoms with Crippen molar-refractivity contribution in [3.63, 3.8) is 0 Å². The average Bonchev–Trinajstić information content (AvgIpc) is 3.51. The van der Waals surface area contributed by atoms with Crippen molar-refractivity contribution in [2.75, 3.05) is 39.2 Å². The highest BCUT2D eigenvalue weighted by atomic mass is 32.2. The second kappa shape index (κ2) is 16.4. The van der Waals surface area contributed by atoms with E-state index in [4.69, 9.17) is 18.9 Å². The Bertz CT molecular complexity index is 1450. The molecule has 1 saturated heterocycles. The fourth-order valence-electron chi connectivity index (χ4n) is 5.19. The van der Waals surface area contributed by atoms with Crippen LogP contribution in [-0.4, -0.2) is 76.4 Å². The van der Waals surface area contributed by atoms with Crippen LogP contribution >= 0.6 is 11.8 Å². The first-order valence-electron chi connectivity index (χ1n) is 15.0. The number of ether oxygens (including phenoxy) is 4. The van der Waals surface area contributed by atoms with Crippen LogP contribution in [0.1, 0.15) is 55.7 Å². The average molecular weight is 643 g/mol. The summed E-state index contributed by atoms with van der Waals surface area (Å²) >= 11 is 1.62. The van der Waals surface area contributed by atoms with Crippen LogP contribution in [0.4, 0.5) is 10.1 Å². The van der Waals surface area contributed by atoms with Crippen molar-refractivity contribution in [3.05, 3.63) is 69.8 Å². The molecule has 1 aliphatic heterocycles. The Morgan fingerprint density at radius 2 is 1.87 bits per heavy atom. The van der Waals surface area contributed by atoms with Crippen LogP contribution < -0.4 is 14.2 Å². The zero-order valence-electron chi connectivity index (χ0n) is 26.0. The molecular formula is C32H39FN4O7S. The van der Waals surface area contributed by atoms with Crippen LogP contribution in [0.2, 0.25) is 0 Å². The highest BCUT2D eigenvalue weighted by Gasteiger charge is 2.39. The van der Waals surface area contributed by atoms with Crippen LogP contribution in [0.3, 0.4) is 0 Å². The summed E-state index contributed by atoms with van der Waals surface area (Å²) in [5, 5.41) is 12.3. The number of hydrogen-bond acceptors (Lipinski definition) is 10. The van der Waals surface area contributed by atoms with E-state index in [1.807, 2.05) is 13.8 Å². The van der Waals surface area contributed by atoms with Gasteiger partial charge in [0.1, 0.15) is 28.4 Å². The fourth-order valence-corrected chi connectivity index (χ4v) is 6.25. The van der Waals surface area contributed by atoms with Crippen LogP contribution in [0, 0.1) is 22.9 Å². The number of aryl methyl sites for hydroxylation is 1. The van der Waals surface area contributed by atoms with Gasteiger partial charge in [-0.15, -0.1) is 11.8 Å². The largest absolute Gasteiger partial charge is 0.497 e. The Hall–Kier alpha value is -3.97. The van der Waals surface area contributed by atoms with Crippen LogP contribution in [0.25, 0.3) is 11.3 Å². The molecule has 1 aromatic heterocycles. The van der Waals surface area contributed by atoms with Crippen molar-refractivity contribution in [2.45, 2.75) is 57.9 Å². The summed E-state index contributed by atoms with van der Waals surface area (Å²) < 4.78 is 36.3. The molecule has 1 amide bonds. The second-order valence-corrected chi connectivity index (χ2v) is 11.7. The summed E-state index contributed by atoms with van der Waals surface area (Å²) in [6.07, 6.45) is 2.64.